The number of benzene rings is 1. The van der Waals surface area contributed by atoms with Crippen molar-refractivity contribution in [3.8, 4) is 0 Å². The second-order valence-corrected chi connectivity index (χ2v) is 7.18. The molecule has 0 aliphatic carbocycles. The topological polar surface area (TPSA) is 41.1 Å². The van der Waals surface area contributed by atoms with Crippen LogP contribution in [0, 0.1) is 28.9 Å². The molecule has 23 heavy (non-hydrogen) atoms. The molecule has 2 atom stereocenters. The number of carbonyl (C=O) groups excluding carboxylic acids is 1. The summed E-state index contributed by atoms with van der Waals surface area (Å²) in [7, 11) is 0. The van der Waals surface area contributed by atoms with E-state index in [0.29, 0.717) is 11.5 Å². The number of hydrogen-bond donors (Lipinski definition) is 2. The van der Waals surface area contributed by atoms with Crippen molar-refractivity contribution >= 4 is 18.3 Å². The summed E-state index contributed by atoms with van der Waals surface area (Å²) >= 11 is 0. The average molecular weight is 347 g/mol. The number of carbonyl (C=O) groups is 1. The highest BCUT2D eigenvalue weighted by Crippen LogP contribution is 2.35. The summed E-state index contributed by atoms with van der Waals surface area (Å²) in [4.78, 5) is 12.5. The van der Waals surface area contributed by atoms with Crippen molar-refractivity contribution in [3.63, 3.8) is 0 Å². The van der Waals surface area contributed by atoms with E-state index in [4.69, 9.17) is 0 Å². The molecule has 0 saturated carbocycles. The highest BCUT2D eigenvalue weighted by Gasteiger charge is 2.34. The minimum Gasteiger partial charge on any atom is -0.348 e. The van der Waals surface area contributed by atoms with Crippen LogP contribution in [0.2, 0.25) is 0 Å². The lowest BCUT2D eigenvalue weighted by Crippen LogP contribution is -2.51. The molecule has 0 bridgehead atoms. The van der Waals surface area contributed by atoms with Gasteiger partial charge < -0.3 is 10.6 Å². The van der Waals surface area contributed by atoms with E-state index in [-0.39, 0.29) is 29.6 Å². The predicted molar refractivity (Wildman–Crippen MR) is 89.5 cm³/mol. The first kappa shape index (κ1) is 19.8. The standard InChI is InChI=1S/C17H24F2N2O.ClH/c1-10(11-8-20-9-11)16(22)21-15(17(2,3)4)13-6-5-12(18)7-14(13)19;/h5-7,10-11,15,20H,8-9H2,1-4H3,(H,21,22);1H. The van der Waals surface area contributed by atoms with Crippen molar-refractivity contribution < 1.29 is 13.6 Å². The Bertz CT molecular complexity index is 556. The Morgan fingerprint density at radius 2 is 1.91 bits per heavy atom. The Kier molecular flexibility index (Phi) is 6.54. The van der Waals surface area contributed by atoms with Crippen molar-refractivity contribution in [2.24, 2.45) is 17.3 Å². The first-order valence-corrected chi connectivity index (χ1v) is 7.66. The smallest absolute Gasteiger partial charge is 0.223 e. The molecule has 6 heteroatoms. The molecule has 3 nitrogen and oxygen atoms in total. The highest BCUT2D eigenvalue weighted by molar-refractivity contribution is 5.85. The van der Waals surface area contributed by atoms with Gasteiger partial charge in [-0.05, 0) is 30.5 Å². The third-order valence-electron chi connectivity index (χ3n) is 4.36. The molecular formula is C17H25ClF2N2O. The van der Waals surface area contributed by atoms with Gasteiger partial charge >= 0.3 is 0 Å². The van der Waals surface area contributed by atoms with E-state index in [1.165, 1.54) is 12.1 Å². The molecule has 1 fully saturated rings. The van der Waals surface area contributed by atoms with Gasteiger partial charge in [0.25, 0.3) is 0 Å². The Morgan fingerprint density at radius 3 is 2.35 bits per heavy atom. The Labute approximate surface area is 142 Å². The fourth-order valence-corrected chi connectivity index (χ4v) is 2.65. The number of nitrogens with one attached hydrogen (secondary N) is 2. The second-order valence-electron chi connectivity index (χ2n) is 7.18. The van der Waals surface area contributed by atoms with Crippen molar-refractivity contribution in [1.82, 2.24) is 10.6 Å². The molecule has 0 radical (unpaired) electrons. The number of amides is 1. The summed E-state index contributed by atoms with van der Waals surface area (Å²) in [6, 6.07) is 2.99. The molecule has 2 N–H and O–H groups in total. The molecule has 1 aromatic rings. The quantitative estimate of drug-likeness (QED) is 0.876. The third kappa shape index (κ3) is 4.64. The second kappa shape index (κ2) is 7.58. The molecule has 2 rings (SSSR count). The fraction of sp³-hybridized carbons (Fsp3) is 0.588. The van der Waals surface area contributed by atoms with E-state index < -0.39 is 17.7 Å². The van der Waals surface area contributed by atoms with Crippen LogP contribution >= 0.6 is 12.4 Å². The van der Waals surface area contributed by atoms with Crippen LogP contribution in [-0.4, -0.2) is 19.0 Å². The minimum absolute atomic E-state index is 0. The summed E-state index contributed by atoms with van der Waals surface area (Å²) in [5.74, 6) is -1.14. The van der Waals surface area contributed by atoms with Crippen LogP contribution in [0.25, 0.3) is 0 Å². The average Bonchev–Trinajstić information content (AvgIpc) is 2.33. The van der Waals surface area contributed by atoms with Crippen molar-refractivity contribution in [3.05, 3.63) is 35.4 Å². The van der Waals surface area contributed by atoms with E-state index >= 15 is 0 Å². The SMILES string of the molecule is CC(C(=O)NC(c1ccc(F)cc1F)C(C)(C)C)C1CNC1.Cl. The van der Waals surface area contributed by atoms with Crippen LogP contribution in [0.15, 0.2) is 18.2 Å². The Hall–Kier alpha value is -1.20. The van der Waals surface area contributed by atoms with Crippen molar-refractivity contribution in [2.75, 3.05) is 13.1 Å². The van der Waals surface area contributed by atoms with Gasteiger partial charge in [-0.3, -0.25) is 4.79 Å². The van der Waals surface area contributed by atoms with Crippen LogP contribution in [-0.2, 0) is 4.79 Å². The highest BCUT2D eigenvalue weighted by atomic mass is 35.5. The zero-order valence-corrected chi connectivity index (χ0v) is 14.8. The van der Waals surface area contributed by atoms with Crippen molar-refractivity contribution in [2.45, 2.75) is 33.7 Å². The van der Waals surface area contributed by atoms with Crippen LogP contribution in [0.1, 0.15) is 39.3 Å². The van der Waals surface area contributed by atoms with Gasteiger partial charge in [-0.15, -0.1) is 12.4 Å². The Morgan fingerprint density at radius 1 is 1.30 bits per heavy atom. The minimum atomic E-state index is -0.627. The van der Waals surface area contributed by atoms with Crippen molar-refractivity contribution in [1.29, 1.82) is 0 Å². The molecule has 1 aliphatic heterocycles. The lowest BCUT2D eigenvalue weighted by Gasteiger charge is -2.36. The molecule has 1 aliphatic rings. The van der Waals surface area contributed by atoms with Gasteiger partial charge in [0.15, 0.2) is 0 Å². The van der Waals surface area contributed by atoms with Gasteiger partial charge in [0.2, 0.25) is 5.91 Å². The zero-order valence-electron chi connectivity index (χ0n) is 14.0. The third-order valence-corrected chi connectivity index (χ3v) is 4.36. The zero-order chi connectivity index (χ0) is 16.5. The monoisotopic (exact) mass is 346 g/mol. The van der Waals surface area contributed by atoms with Crippen LogP contribution in [0.4, 0.5) is 8.78 Å². The number of halogens is 3. The lowest BCUT2D eigenvalue weighted by molar-refractivity contribution is -0.128. The van der Waals surface area contributed by atoms with Gasteiger partial charge in [0.05, 0.1) is 6.04 Å². The fourth-order valence-electron chi connectivity index (χ4n) is 2.65. The summed E-state index contributed by atoms with van der Waals surface area (Å²) in [5.41, 5.74) is -0.0625. The molecular weight excluding hydrogens is 322 g/mol. The van der Waals surface area contributed by atoms with E-state index in [1.54, 1.807) is 0 Å². The Balaban J connectivity index is 0.00000264. The summed E-state index contributed by atoms with van der Waals surface area (Å²) < 4.78 is 27.2. The molecule has 130 valence electrons. The van der Waals surface area contributed by atoms with Gasteiger partial charge in [-0.25, -0.2) is 8.78 Å². The number of rotatable bonds is 4. The molecule has 1 heterocycles. The first-order chi connectivity index (χ1) is 10.2. The molecule has 2 unspecified atom stereocenters. The summed E-state index contributed by atoms with van der Waals surface area (Å²) in [6.07, 6.45) is 0. The maximum Gasteiger partial charge on any atom is 0.223 e. The maximum absolute atomic E-state index is 14.1. The normalized spacial score (nSPS) is 17.7. The van der Waals surface area contributed by atoms with Crippen LogP contribution in [0.5, 0.6) is 0 Å². The van der Waals surface area contributed by atoms with Crippen LogP contribution < -0.4 is 10.6 Å². The molecule has 0 spiro atoms. The van der Waals surface area contributed by atoms with Gasteiger partial charge in [-0.2, -0.15) is 0 Å². The van der Waals surface area contributed by atoms with Crippen LogP contribution in [0.3, 0.4) is 0 Å². The maximum atomic E-state index is 14.1. The largest absolute Gasteiger partial charge is 0.348 e. The van der Waals surface area contributed by atoms with E-state index in [1.807, 2.05) is 27.7 Å². The first-order valence-electron chi connectivity index (χ1n) is 7.66. The molecule has 1 aromatic carbocycles. The lowest BCUT2D eigenvalue weighted by atomic mass is 9.81. The molecule has 0 aromatic heterocycles. The summed E-state index contributed by atoms with van der Waals surface area (Å²) in [5, 5.41) is 6.10. The van der Waals surface area contributed by atoms with E-state index in [0.717, 1.165) is 19.2 Å². The predicted octanol–water partition coefficient (Wildman–Crippen LogP) is 3.45. The van der Waals surface area contributed by atoms with E-state index in [9.17, 15) is 13.6 Å². The number of hydrogen-bond acceptors (Lipinski definition) is 2. The van der Waals surface area contributed by atoms with E-state index in [2.05, 4.69) is 10.6 Å². The molecule has 1 saturated heterocycles. The summed E-state index contributed by atoms with van der Waals surface area (Å²) in [6.45, 7) is 9.34. The van der Waals surface area contributed by atoms with Gasteiger partial charge in [0.1, 0.15) is 11.6 Å². The van der Waals surface area contributed by atoms with Gasteiger partial charge in [-0.1, -0.05) is 33.8 Å². The molecule has 1 amide bonds. The van der Waals surface area contributed by atoms with Gasteiger partial charge in [0, 0.05) is 17.5 Å².